The van der Waals surface area contributed by atoms with Crippen molar-refractivity contribution in [2.75, 3.05) is 5.88 Å². The Balaban J connectivity index is 2.15. The fourth-order valence-corrected chi connectivity index (χ4v) is 2.22. The number of phenolic OH excluding ortho intramolecular Hbond substituents is 1. The van der Waals surface area contributed by atoms with Gasteiger partial charge in [0.25, 0.3) is 5.91 Å². The number of benzene rings is 2. The van der Waals surface area contributed by atoms with Crippen LogP contribution in [0.2, 0.25) is 5.02 Å². The molecule has 2 aromatic carbocycles. The van der Waals surface area contributed by atoms with Gasteiger partial charge in [0, 0.05) is 11.4 Å². The summed E-state index contributed by atoms with van der Waals surface area (Å²) in [6.45, 7) is 0. The van der Waals surface area contributed by atoms with Gasteiger partial charge in [0.2, 0.25) is 0 Å². The van der Waals surface area contributed by atoms with Crippen LogP contribution in [0.3, 0.4) is 0 Å². The maximum atomic E-state index is 12.1. The molecule has 0 spiro atoms. The van der Waals surface area contributed by atoms with Crippen molar-refractivity contribution in [2.45, 2.75) is 6.04 Å². The van der Waals surface area contributed by atoms with Gasteiger partial charge in [-0.1, -0.05) is 41.9 Å². The highest BCUT2D eigenvalue weighted by Gasteiger charge is 2.15. The summed E-state index contributed by atoms with van der Waals surface area (Å²) in [4.78, 5) is 12.1. The standard InChI is InChI=1S/C15H13Cl2NO2/c16-9-13(10-4-2-1-3-5-10)18-15(20)11-6-7-14(19)12(17)8-11/h1-8,13,19H,9H2,(H,18,20). The Labute approximate surface area is 127 Å². The molecule has 0 saturated carbocycles. The first-order chi connectivity index (χ1) is 9.61. The Kier molecular flexibility index (Phi) is 4.88. The second kappa shape index (κ2) is 6.64. The largest absolute Gasteiger partial charge is 0.506 e. The minimum atomic E-state index is -0.290. The van der Waals surface area contributed by atoms with E-state index in [1.807, 2.05) is 30.3 Å². The van der Waals surface area contributed by atoms with E-state index in [0.29, 0.717) is 5.56 Å². The molecule has 1 unspecified atom stereocenters. The summed E-state index contributed by atoms with van der Waals surface area (Å²) in [5.74, 6) is -0.0803. The van der Waals surface area contributed by atoms with E-state index in [1.54, 1.807) is 0 Å². The summed E-state index contributed by atoms with van der Waals surface area (Å²) in [5.41, 5.74) is 1.31. The molecule has 20 heavy (non-hydrogen) atoms. The SMILES string of the molecule is O=C(NC(CCl)c1ccccc1)c1ccc(O)c(Cl)c1. The Morgan fingerprint density at radius 2 is 1.90 bits per heavy atom. The number of hydrogen-bond acceptors (Lipinski definition) is 2. The maximum absolute atomic E-state index is 12.1. The molecule has 104 valence electrons. The zero-order valence-corrected chi connectivity index (χ0v) is 12.0. The fourth-order valence-electron chi connectivity index (χ4n) is 1.79. The molecule has 0 heterocycles. The van der Waals surface area contributed by atoms with Crippen LogP contribution in [0, 0.1) is 0 Å². The molecule has 0 bridgehead atoms. The van der Waals surface area contributed by atoms with Crippen LogP contribution in [0.15, 0.2) is 48.5 Å². The van der Waals surface area contributed by atoms with Crippen molar-refractivity contribution in [1.82, 2.24) is 5.32 Å². The maximum Gasteiger partial charge on any atom is 0.251 e. The first kappa shape index (κ1) is 14.7. The van der Waals surface area contributed by atoms with E-state index in [-0.39, 0.29) is 28.6 Å². The molecular weight excluding hydrogens is 297 g/mol. The smallest absolute Gasteiger partial charge is 0.251 e. The number of nitrogens with one attached hydrogen (secondary N) is 1. The first-order valence-corrected chi connectivity index (χ1v) is 6.93. The van der Waals surface area contributed by atoms with Gasteiger partial charge in [-0.05, 0) is 23.8 Å². The Hall–Kier alpha value is -1.71. The summed E-state index contributed by atoms with van der Waals surface area (Å²) in [6, 6.07) is 13.5. The normalized spacial score (nSPS) is 11.9. The molecule has 0 fully saturated rings. The average Bonchev–Trinajstić information content (AvgIpc) is 2.48. The lowest BCUT2D eigenvalue weighted by Crippen LogP contribution is -2.29. The van der Waals surface area contributed by atoms with Gasteiger partial charge in [-0.3, -0.25) is 4.79 Å². The number of rotatable bonds is 4. The van der Waals surface area contributed by atoms with Gasteiger partial charge in [0.15, 0.2) is 0 Å². The summed E-state index contributed by atoms with van der Waals surface area (Å²) >= 11 is 11.7. The van der Waals surface area contributed by atoms with Crippen molar-refractivity contribution in [1.29, 1.82) is 0 Å². The van der Waals surface area contributed by atoms with Crippen molar-refractivity contribution < 1.29 is 9.90 Å². The van der Waals surface area contributed by atoms with Crippen LogP contribution in [0.1, 0.15) is 22.0 Å². The topological polar surface area (TPSA) is 49.3 Å². The second-order valence-electron chi connectivity index (χ2n) is 4.26. The summed E-state index contributed by atoms with van der Waals surface area (Å²) in [7, 11) is 0. The van der Waals surface area contributed by atoms with Gasteiger partial charge in [-0.25, -0.2) is 0 Å². The third-order valence-corrected chi connectivity index (χ3v) is 3.48. The highest BCUT2D eigenvalue weighted by atomic mass is 35.5. The molecule has 3 nitrogen and oxygen atoms in total. The van der Waals surface area contributed by atoms with Gasteiger partial charge in [0.1, 0.15) is 5.75 Å². The molecule has 0 aliphatic carbocycles. The van der Waals surface area contributed by atoms with E-state index in [4.69, 9.17) is 23.2 Å². The number of hydrogen-bond donors (Lipinski definition) is 2. The van der Waals surface area contributed by atoms with Gasteiger partial charge < -0.3 is 10.4 Å². The molecule has 1 atom stereocenters. The molecule has 0 aliphatic heterocycles. The summed E-state index contributed by atoms with van der Waals surface area (Å²) < 4.78 is 0. The molecular formula is C15H13Cl2NO2. The van der Waals surface area contributed by atoms with Crippen LogP contribution in [0.5, 0.6) is 5.75 Å². The van der Waals surface area contributed by atoms with E-state index in [0.717, 1.165) is 5.56 Å². The van der Waals surface area contributed by atoms with Crippen LogP contribution >= 0.6 is 23.2 Å². The van der Waals surface area contributed by atoms with Gasteiger partial charge in [-0.15, -0.1) is 11.6 Å². The molecule has 0 radical (unpaired) electrons. The van der Waals surface area contributed by atoms with Crippen LogP contribution < -0.4 is 5.32 Å². The monoisotopic (exact) mass is 309 g/mol. The quantitative estimate of drug-likeness (QED) is 0.845. The number of amides is 1. The van der Waals surface area contributed by atoms with Gasteiger partial charge in [-0.2, -0.15) is 0 Å². The lowest BCUT2D eigenvalue weighted by Gasteiger charge is -2.16. The van der Waals surface area contributed by atoms with E-state index in [1.165, 1.54) is 18.2 Å². The Morgan fingerprint density at radius 1 is 1.20 bits per heavy atom. The number of carbonyl (C=O) groups excluding carboxylic acids is 1. The van der Waals surface area contributed by atoms with E-state index < -0.39 is 0 Å². The number of alkyl halides is 1. The lowest BCUT2D eigenvalue weighted by atomic mass is 10.1. The van der Waals surface area contributed by atoms with E-state index >= 15 is 0 Å². The second-order valence-corrected chi connectivity index (χ2v) is 4.97. The molecule has 2 aromatic rings. The van der Waals surface area contributed by atoms with Gasteiger partial charge in [0.05, 0.1) is 11.1 Å². The Morgan fingerprint density at radius 3 is 2.50 bits per heavy atom. The number of halogens is 2. The third kappa shape index (κ3) is 3.44. The van der Waals surface area contributed by atoms with Crippen LogP contribution in [0.4, 0.5) is 0 Å². The highest BCUT2D eigenvalue weighted by molar-refractivity contribution is 6.32. The molecule has 2 rings (SSSR count). The zero-order chi connectivity index (χ0) is 14.5. The van der Waals surface area contributed by atoms with Crippen LogP contribution in [-0.4, -0.2) is 16.9 Å². The minimum absolute atomic E-state index is 0.0554. The lowest BCUT2D eigenvalue weighted by molar-refractivity contribution is 0.0940. The molecule has 5 heteroatoms. The van der Waals surface area contributed by atoms with Crippen molar-refractivity contribution in [2.24, 2.45) is 0 Å². The van der Waals surface area contributed by atoms with Crippen molar-refractivity contribution in [3.8, 4) is 5.75 Å². The Bertz CT molecular complexity index is 602. The average molecular weight is 310 g/mol. The summed E-state index contributed by atoms with van der Waals surface area (Å²) in [6.07, 6.45) is 0. The number of phenols is 1. The number of carbonyl (C=O) groups is 1. The molecule has 0 saturated heterocycles. The molecule has 1 amide bonds. The van der Waals surface area contributed by atoms with Crippen molar-refractivity contribution >= 4 is 29.1 Å². The van der Waals surface area contributed by atoms with E-state index in [9.17, 15) is 9.90 Å². The first-order valence-electron chi connectivity index (χ1n) is 6.02. The highest BCUT2D eigenvalue weighted by Crippen LogP contribution is 2.24. The third-order valence-electron chi connectivity index (χ3n) is 2.87. The van der Waals surface area contributed by atoms with E-state index in [2.05, 4.69) is 5.32 Å². The van der Waals surface area contributed by atoms with Crippen molar-refractivity contribution in [3.05, 3.63) is 64.7 Å². The molecule has 0 aliphatic rings. The number of aromatic hydroxyl groups is 1. The van der Waals surface area contributed by atoms with Crippen LogP contribution in [0.25, 0.3) is 0 Å². The van der Waals surface area contributed by atoms with Crippen LogP contribution in [-0.2, 0) is 0 Å². The summed E-state index contributed by atoms with van der Waals surface area (Å²) in [5, 5.41) is 12.3. The minimum Gasteiger partial charge on any atom is -0.506 e. The molecule has 0 aromatic heterocycles. The fraction of sp³-hybridized carbons (Fsp3) is 0.133. The predicted molar refractivity (Wildman–Crippen MR) is 80.5 cm³/mol. The molecule has 2 N–H and O–H groups in total. The predicted octanol–water partition coefficient (Wildman–Crippen LogP) is 3.76. The van der Waals surface area contributed by atoms with Gasteiger partial charge >= 0.3 is 0 Å². The van der Waals surface area contributed by atoms with Crippen molar-refractivity contribution in [3.63, 3.8) is 0 Å². The zero-order valence-electron chi connectivity index (χ0n) is 10.5.